The summed E-state index contributed by atoms with van der Waals surface area (Å²) >= 11 is 0. The summed E-state index contributed by atoms with van der Waals surface area (Å²) in [6.45, 7) is 2.82. The number of hydrogen-bond donors (Lipinski definition) is 2. The van der Waals surface area contributed by atoms with Crippen LogP contribution in [0.15, 0.2) is 0 Å². The summed E-state index contributed by atoms with van der Waals surface area (Å²) in [4.78, 5) is 21.2. The molecule has 0 unspecified atom stereocenters. The van der Waals surface area contributed by atoms with Crippen LogP contribution in [-0.4, -0.2) is 23.5 Å². The lowest BCUT2D eigenvalue weighted by molar-refractivity contribution is -0.140. The molecule has 0 saturated carbocycles. The standard InChI is InChI=1S/C14H27NO3/c1-2-3-4-5-6-7-8-9-10-11-15-13(16)12-14(17)18/h2-12H2,1H3,(H,15,16)(H,17,18). The molecule has 0 spiro atoms. The highest BCUT2D eigenvalue weighted by Crippen LogP contribution is 2.09. The lowest BCUT2D eigenvalue weighted by Gasteiger charge is -2.04. The number of carboxylic acids is 1. The Morgan fingerprint density at radius 2 is 1.39 bits per heavy atom. The molecule has 4 heteroatoms. The second-order valence-corrected chi connectivity index (χ2v) is 4.75. The number of carbonyl (C=O) groups excluding carboxylic acids is 1. The second-order valence-electron chi connectivity index (χ2n) is 4.75. The second kappa shape index (κ2) is 12.4. The minimum atomic E-state index is -1.07. The first-order valence-corrected chi connectivity index (χ1v) is 7.15. The monoisotopic (exact) mass is 257 g/mol. The van der Waals surface area contributed by atoms with Crippen LogP contribution in [-0.2, 0) is 9.59 Å². The van der Waals surface area contributed by atoms with Gasteiger partial charge in [-0.1, -0.05) is 58.3 Å². The first-order valence-electron chi connectivity index (χ1n) is 7.15. The molecular formula is C14H27NO3. The van der Waals surface area contributed by atoms with Gasteiger partial charge in [-0.05, 0) is 6.42 Å². The predicted molar refractivity (Wildman–Crippen MR) is 72.5 cm³/mol. The van der Waals surface area contributed by atoms with Gasteiger partial charge in [0.15, 0.2) is 0 Å². The average molecular weight is 257 g/mol. The molecule has 0 aromatic rings. The van der Waals surface area contributed by atoms with Crippen LogP contribution in [0, 0.1) is 0 Å². The number of nitrogens with one attached hydrogen (secondary N) is 1. The highest BCUT2D eigenvalue weighted by atomic mass is 16.4. The Morgan fingerprint density at radius 1 is 0.889 bits per heavy atom. The molecule has 1 amide bonds. The first kappa shape index (κ1) is 16.9. The van der Waals surface area contributed by atoms with Crippen molar-refractivity contribution >= 4 is 11.9 Å². The molecule has 0 aliphatic rings. The quantitative estimate of drug-likeness (QED) is 0.417. The summed E-state index contributed by atoms with van der Waals surface area (Å²) in [7, 11) is 0. The van der Waals surface area contributed by atoms with E-state index in [1.807, 2.05) is 0 Å². The van der Waals surface area contributed by atoms with Gasteiger partial charge in [0.05, 0.1) is 0 Å². The van der Waals surface area contributed by atoms with Gasteiger partial charge >= 0.3 is 5.97 Å². The predicted octanol–water partition coefficient (Wildman–Crippen LogP) is 3.11. The van der Waals surface area contributed by atoms with Gasteiger partial charge in [-0.15, -0.1) is 0 Å². The normalized spacial score (nSPS) is 10.3. The fraction of sp³-hybridized carbons (Fsp3) is 0.857. The fourth-order valence-electron chi connectivity index (χ4n) is 1.86. The molecule has 2 N–H and O–H groups in total. The number of unbranched alkanes of at least 4 members (excludes halogenated alkanes) is 8. The van der Waals surface area contributed by atoms with Crippen molar-refractivity contribution in [3.63, 3.8) is 0 Å². The molecule has 0 fully saturated rings. The minimum absolute atomic E-state index is 0.387. The molecule has 0 aromatic heterocycles. The summed E-state index contributed by atoms with van der Waals surface area (Å²) in [5.74, 6) is -1.46. The van der Waals surface area contributed by atoms with Gasteiger partial charge < -0.3 is 10.4 Å². The smallest absolute Gasteiger partial charge is 0.312 e. The van der Waals surface area contributed by atoms with E-state index in [4.69, 9.17) is 5.11 Å². The van der Waals surface area contributed by atoms with Crippen LogP contribution in [0.4, 0.5) is 0 Å². The third-order valence-corrected chi connectivity index (χ3v) is 2.91. The van der Waals surface area contributed by atoms with Crippen LogP contribution in [0.5, 0.6) is 0 Å². The van der Waals surface area contributed by atoms with Crippen LogP contribution < -0.4 is 5.32 Å². The topological polar surface area (TPSA) is 66.4 Å². The number of carboxylic acid groups (broad SMARTS) is 1. The first-order chi connectivity index (χ1) is 8.66. The molecule has 0 aliphatic carbocycles. The Morgan fingerprint density at radius 3 is 1.89 bits per heavy atom. The average Bonchev–Trinajstić information content (AvgIpc) is 2.30. The van der Waals surface area contributed by atoms with E-state index >= 15 is 0 Å². The molecule has 0 aliphatic heterocycles. The molecule has 0 saturated heterocycles. The third kappa shape index (κ3) is 13.0. The third-order valence-electron chi connectivity index (χ3n) is 2.91. The Hall–Kier alpha value is -1.06. The number of amides is 1. The van der Waals surface area contributed by atoms with Gasteiger partial charge in [0.25, 0.3) is 0 Å². The summed E-state index contributed by atoms with van der Waals surface area (Å²) in [6, 6.07) is 0. The fourth-order valence-corrected chi connectivity index (χ4v) is 1.86. The van der Waals surface area contributed by atoms with Crippen molar-refractivity contribution in [2.45, 2.75) is 71.1 Å². The maximum Gasteiger partial charge on any atom is 0.312 e. The van der Waals surface area contributed by atoms with Crippen molar-refractivity contribution in [1.82, 2.24) is 5.32 Å². The van der Waals surface area contributed by atoms with Gasteiger partial charge in [-0.3, -0.25) is 9.59 Å². The maximum absolute atomic E-state index is 11.0. The lowest BCUT2D eigenvalue weighted by Crippen LogP contribution is -2.26. The van der Waals surface area contributed by atoms with E-state index in [0.29, 0.717) is 6.54 Å². The van der Waals surface area contributed by atoms with E-state index in [1.165, 1.54) is 44.9 Å². The van der Waals surface area contributed by atoms with Crippen molar-refractivity contribution in [3.05, 3.63) is 0 Å². The van der Waals surface area contributed by atoms with Gasteiger partial charge in [0.2, 0.25) is 5.91 Å². The van der Waals surface area contributed by atoms with E-state index in [9.17, 15) is 9.59 Å². The Bertz CT molecular complexity index is 229. The van der Waals surface area contributed by atoms with Gasteiger partial charge in [0, 0.05) is 6.54 Å². The molecule has 106 valence electrons. The molecule has 4 nitrogen and oxygen atoms in total. The zero-order valence-electron chi connectivity index (χ0n) is 11.5. The number of carbonyl (C=O) groups is 2. The maximum atomic E-state index is 11.0. The minimum Gasteiger partial charge on any atom is -0.481 e. The van der Waals surface area contributed by atoms with E-state index in [1.54, 1.807) is 0 Å². The summed E-state index contributed by atoms with van der Waals surface area (Å²) < 4.78 is 0. The largest absolute Gasteiger partial charge is 0.481 e. The van der Waals surface area contributed by atoms with Crippen LogP contribution in [0.3, 0.4) is 0 Å². The summed E-state index contributed by atoms with van der Waals surface area (Å²) in [5.41, 5.74) is 0. The van der Waals surface area contributed by atoms with Gasteiger partial charge in [-0.2, -0.15) is 0 Å². The zero-order chi connectivity index (χ0) is 13.6. The summed E-state index contributed by atoms with van der Waals surface area (Å²) in [5, 5.41) is 11.0. The van der Waals surface area contributed by atoms with E-state index < -0.39 is 12.4 Å². The number of hydrogen-bond acceptors (Lipinski definition) is 2. The van der Waals surface area contributed by atoms with E-state index in [2.05, 4.69) is 12.2 Å². The lowest BCUT2D eigenvalue weighted by atomic mass is 10.1. The molecule has 0 bridgehead atoms. The SMILES string of the molecule is CCCCCCCCCCCNC(=O)CC(=O)O. The number of aliphatic carboxylic acids is 1. The van der Waals surface area contributed by atoms with Crippen LogP contribution >= 0.6 is 0 Å². The van der Waals surface area contributed by atoms with Crippen molar-refractivity contribution in [3.8, 4) is 0 Å². The molecule has 18 heavy (non-hydrogen) atoms. The van der Waals surface area contributed by atoms with Gasteiger partial charge in [-0.25, -0.2) is 0 Å². The Balaban J connectivity index is 3.11. The highest BCUT2D eigenvalue weighted by Gasteiger charge is 2.05. The van der Waals surface area contributed by atoms with E-state index in [0.717, 1.165) is 12.8 Å². The van der Waals surface area contributed by atoms with E-state index in [-0.39, 0.29) is 5.91 Å². The summed E-state index contributed by atoms with van der Waals surface area (Å²) in [6.07, 6.45) is 10.7. The van der Waals surface area contributed by atoms with Crippen molar-refractivity contribution in [2.75, 3.05) is 6.54 Å². The molecule has 0 atom stereocenters. The molecule has 0 heterocycles. The molecular weight excluding hydrogens is 230 g/mol. The molecule has 0 radical (unpaired) electrons. The molecule has 0 rings (SSSR count). The van der Waals surface area contributed by atoms with Crippen molar-refractivity contribution in [1.29, 1.82) is 0 Å². The van der Waals surface area contributed by atoms with Gasteiger partial charge in [0.1, 0.15) is 6.42 Å². The molecule has 0 aromatic carbocycles. The van der Waals surface area contributed by atoms with Crippen molar-refractivity contribution < 1.29 is 14.7 Å². The zero-order valence-corrected chi connectivity index (χ0v) is 11.5. The van der Waals surface area contributed by atoms with Crippen LogP contribution in [0.2, 0.25) is 0 Å². The van der Waals surface area contributed by atoms with Crippen LogP contribution in [0.1, 0.15) is 71.1 Å². The highest BCUT2D eigenvalue weighted by molar-refractivity contribution is 5.93. The van der Waals surface area contributed by atoms with Crippen molar-refractivity contribution in [2.24, 2.45) is 0 Å². The Kier molecular flexibility index (Phi) is 11.7. The van der Waals surface area contributed by atoms with Crippen LogP contribution in [0.25, 0.3) is 0 Å². The number of rotatable bonds is 12. The Labute approximate surface area is 110 Å².